The Morgan fingerprint density at radius 1 is 1.15 bits per heavy atom. The van der Waals surface area contributed by atoms with Gasteiger partial charge in [0.1, 0.15) is 5.76 Å². The molecule has 142 valence electrons. The fraction of sp³-hybridized carbons (Fsp3) is 0.500. The molecule has 0 fully saturated rings. The number of guanidine groups is 1. The molecule has 2 aromatic rings. The van der Waals surface area contributed by atoms with Crippen molar-refractivity contribution in [2.45, 2.75) is 40.3 Å². The third kappa shape index (κ3) is 5.33. The molecule has 0 aliphatic rings. The normalized spacial score (nSPS) is 13.1. The van der Waals surface area contributed by atoms with Crippen LogP contribution in [-0.2, 0) is 6.54 Å². The van der Waals surface area contributed by atoms with Gasteiger partial charge in [0.25, 0.3) is 0 Å². The van der Waals surface area contributed by atoms with Crippen molar-refractivity contribution in [3.05, 3.63) is 53.2 Å². The lowest BCUT2D eigenvalue weighted by molar-refractivity contribution is 0.219. The van der Waals surface area contributed by atoms with E-state index in [4.69, 9.17) is 4.42 Å². The number of aliphatic imine (C=N–C) groups is 1. The predicted octanol–water partition coefficient (Wildman–Crippen LogP) is 3.04. The van der Waals surface area contributed by atoms with Crippen LogP contribution in [0.15, 0.2) is 39.7 Å². The lowest BCUT2D eigenvalue weighted by Crippen LogP contribution is -2.43. The summed E-state index contributed by atoms with van der Waals surface area (Å²) in [6.45, 7) is 11.5. The topological polar surface area (TPSA) is 65.7 Å². The summed E-state index contributed by atoms with van der Waals surface area (Å²) in [6, 6.07) is 10.9. The quantitative estimate of drug-likeness (QED) is 0.561. The molecule has 2 rings (SSSR count). The third-order valence-corrected chi connectivity index (χ3v) is 4.60. The van der Waals surface area contributed by atoms with Crippen LogP contribution in [0, 0.1) is 13.8 Å². The Morgan fingerprint density at radius 3 is 2.38 bits per heavy atom. The number of hydrogen-bond donors (Lipinski definition) is 2. The summed E-state index contributed by atoms with van der Waals surface area (Å²) in [5.41, 5.74) is 2.23. The summed E-state index contributed by atoms with van der Waals surface area (Å²) < 4.78 is 5.61. The van der Waals surface area contributed by atoms with Crippen molar-refractivity contribution >= 4 is 5.96 Å². The Bertz CT molecular complexity index is 672. The van der Waals surface area contributed by atoms with Gasteiger partial charge in [-0.3, -0.25) is 9.89 Å². The maximum atomic E-state index is 5.61. The monoisotopic (exact) mass is 357 g/mol. The van der Waals surface area contributed by atoms with Gasteiger partial charge in [0.2, 0.25) is 5.89 Å². The number of hydrogen-bond acceptors (Lipinski definition) is 4. The van der Waals surface area contributed by atoms with Crippen molar-refractivity contribution in [1.29, 1.82) is 0 Å². The number of oxazole rings is 1. The van der Waals surface area contributed by atoms with Crippen molar-refractivity contribution in [3.8, 4) is 0 Å². The number of aryl methyl sites for hydroxylation is 2. The Balaban J connectivity index is 1.98. The Hall–Kier alpha value is -2.34. The zero-order valence-corrected chi connectivity index (χ0v) is 16.5. The summed E-state index contributed by atoms with van der Waals surface area (Å²) in [5, 5.41) is 6.71. The second-order valence-electron chi connectivity index (χ2n) is 6.20. The van der Waals surface area contributed by atoms with Crippen molar-refractivity contribution in [2.24, 2.45) is 4.99 Å². The van der Waals surface area contributed by atoms with E-state index < -0.39 is 0 Å². The average molecular weight is 358 g/mol. The number of nitrogens with one attached hydrogen (secondary N) is 2. The number of rotatable bonds is 8. The molecule has 0 amide bonds. The van der Waals surface area contributed by atoms with E-state index in [1.807, 2.05) is 13.8 Å². The molecule has 1 aromatic heterocycles. The maximum absolute atomic E-state index is 5.61. The van der Waals surface area contributed by atoms with E-state index in [-0.39, 0.29) is 6.04 Å². The number of aromatic nitrogens is 1. The maximum Gasteiger partial charge on any atom is 0.214 e. The fourth-order valence-electron chi connectivity index (χ4n) is 2.99. The summed E-state index contributed by atoms with van der Waals surface area (Å²) in [6.07, 6.45) is 0. The molecule has 0 bridgehead atoms. The molecule has 0 aliphatic heterocycles. The highest BCUT2D eigenvalue weighted by Crippen LogP contribution is 2.19. The second-order valence-corrected chi connectivity index (χ2v) is 6.20. The Kier molecular flexibility index (Phi) is 7.66. The Labute approximate surface area is 156 Å². The van der Waals surface area contributed by atoms with E-state index in [2.05, 4.69) is 69.7 Å². The van der Waals surface area contributed by atoms with Gasteiger partial charge in [-0.15, -0.1) is 0 Å². The largest absolute Gasteiger partial charge is 0.444 e. The first-order valence-electron chi connectivity index (χ1n) is 9.25. The van der Waals surface area contributed by atoms with E-state index in [9.17, 15) is 0 Å². The van der Waals surface area contributed by atoms with Crippen molar-refractivity contribution < 1.29 is 4.42 Å². The fourth-order valence-corrected chi connectivity index (χ4v) is 2.99. The summed E-state index contributed by atoms with van der Waals surface area (Å²) in [5.74, 6) is 2.27. The van der Waals surface area contributed by atoms with Gasteiger partial charge in [-0.2, -0.15) is 0 Å². The molecule has 0 spiro atoms. The molecule has 26 heavy (non-hydrogen) atoms. The van der Waals surface area contributed by atoms with Crippen molar-refractivity contribution in [1.82, 2.24) is 20.5 Å². The van der Waals surface area contributed by atoms with Gasteiger partial charge in [-0.05, 0) is 32.5 Å². The van der Waals surface area contributed by atoms with Crippen LogP contribution in [0.1, 0.15) is 42.8 Å². The van der Waals surface area contributed by atoms with Crippen LogP contribution in [0.4, 0.5) is 0 Å². The smallest absolute Gasteiger partial charge is 0.214 e. The summed E-state index contributed by atoms with van der Waals surface area (Å²) in [4.78, 5) is 11.2. The standard InChI is InChI=1S/C20H31N5O/c1-6-25(7-2)18(17-11-9-8-10-12-17)13-22-20(21-5)23-14-19-24-15(3)16(4)26-19/h8-12,18H,6-7,13-14H2,1-5H3,(H2,21,22,23). The molecule has 1 unspecified atom stereocenters. The number of likely N-dealkylation sites (N-methyl/N-ethyl adjacent to an activating group) is 1. The van der Waals surface area contributed by atoms with E-state index >= 15 is 0 Å². The van der Waals surface area contributed by atoms with Gasteiger partial charge in [0.05, 0.1) is 18.3 Å². The van der Waals surface area contributed by atoms with Crippen LogP contribution in [0.25, 0.3) is 0 Å². The lowest BCUT2D eigenvalue weighted by atomic mass is 10.1. The summed E-state index contributed by atoms with van der Waals surface area (Å²) >= 11 is 0. The minimum absolute atomic E-state index is 0.288. The van der Waals surface area contributed by atoms with Crippen molar-refractivity contribution in [3.63, 3.8) is 0 Å². The molecule has 1 atom stereocenters. The van der Waals surface area contributed by atoms with E-state index in [1.54, 1.807) is 7.05 Å². The third-order valence-electron chi connectivity index (χ3n) is 4.60. The second kappa shape index (κ2) is 9.97. The highest BCUT2D eigenvalue weighted by Gasteiger charge is 2.18. The van der Waals surface area contributed by atoms with Crippen LogP contribution in [0.3, 0.4) is 0 Å². The molecule has 0 saturated heterocycles. The van der Waals surface area contributed by atoms with Crippen LogP contribution >= 0.6 is 0 Å². The molecule has 0 aliphatic carbocycles. The zero-order chi connectivity index (χ0) is 18.9. The van der Waals surface area contributed by atoms with Crippen LogP contribution in [-0.4, -0.2) is 42.5 Å². The average Bonchev–Trinajstić information content (AvgIpc) is 2.99. The molecular weight excluding hydrogens is 326 g/mol. The van der Waals surface area contributed by atoms with E-state index in [0.29, 0.717) is 12.4 Å². The number of benzene rings is 1. The SMILES string of the molecule is CCN(CC)C(CNC(=NC)NCc1nc(C)c(C)o1)c1ccccc1. The van der Waals surface area contributed by atoms with E-state index in [1.165, 1.54) is 5.56 Å². The predicted molar refractivity (Wildman–Crippen MR) is 106 cm³/mol. The molecule has 1 heterocycles. The molecule has 1 aromatic carbocycles. The minimum Gasteiger partial charge on any atom is -0.444 e. The van der Waals surface area contributed by atoms with Crippen molar-refractivity contribution in [2.75, 3.05) is 26.7 Å². The minimum atomic E-state index is 0.288. The van der Waals surface area contributed by atoms with Gasteiger partial charge >= 0.3 is 0 Å². The summed E-state index contributed by atoms with van der Waals surface area (Å²) in [7, 11) is 1.77. The van der Waals surface area contributed by atoms with Crippen LogP contribution in [0.5, 0.6) is 0 Å². The van der Waals surface area contributed by atoms with Crippen LogP contribution in [0.2, 0.25) is 0 Å². The van der Waals surface area contributed by atoms with Gasteiger partial charge in [0.15, 0.2) is 5.96 Å². The van der Waals surface area contributed by atoms with Crippen LogP contribution < -0.4 is 10.6 Å². The molecule has 2 N–H and O–H groups in total. The van der Waals surface area contributed by atoms with E-state index in [0.717, 1.165) is 37.0 Å². The molecule has 6 nitrogen and oxygen atoms in total. The molecule has 0 saturated carbocycles. The Morgan fingerprint density at radius 2 is 1.85 bits per heavy atom. The van der Waals surface area contributed by atoms with Gasteiger partial charge in [-0.25, -0.2) is 4.98 Å². The van der Waals surface area contributed by atoms with Gasteiger partial charge in [-0.1, -0.05) is 44.2 Å². The first-order valence-corrected chi connectivity index (χ1v) is 9.25. The zero-order valence-electron chi connectivity index (χ0n) is 16.5. The molecular formula is C20H31N5O. The molecule has 0 radical (unpaired) electrons. The first kappa shape index (κ1) is 20.0. The first-order chi connectivity index (χ1) is 12.6. The lowest BCUT2D eigenvalue weighted by Gasteiger charge is -2.30. The highest BCUT2D eigenvalue weighted by atomic mass is 16.4. The molecule has 6 heteroatoms. The highest BCUT2D eigenvalue weighted by molar-refractivity contribution is 5.79. The number of nitrogens with zero attached hydrogens (tertiary/aromatic N) is 3. The van der Waals surface area contributed by atoms with Gasteiger partial charge < -0.3 is 15.1 Å². The van der Waals surface area contributed by atoms with Gasteiger partial charge in [0, 0.05) is 13.6 Å².